The molecule has 1 aliphatic carbocycles. The second kappa shape index (κ2) is 5.87. The number of rotatable bonds is 4. The number of nitrogen functional groups attached to an aromatic ring is 1. The number of amides is 1. The lowest BCUT2D eigenvalue weighted by molar-refractivity contribution is -0.117. The molecule has 0 saturated heterocycles. The topological polar surface area (TPSA) is 114 Å². The Morgan fingerprint density at radius 2 is 2.07 bits per heavy atom. The summed E-state index contributed by atoms with van der Waals surface area (Å²) < 4.78 is 0. The highest BCUT2D eigenvalue weighted by Gasteiger charge is 2.33. The molecule has 3 aromatic heterocycles. The van der Waals surface area contributed by atoms with E-state index < -0.39 is 0 Å². The first kappa shape index (κ1) is 15.9. The van der Waals surface area contributed by atoms with E-state index in [1.807, 2.05) is 25.3 Å². The van der Waals surface area contributed by atoms with Crippen LogP contribution in [0.1, 0.15) is 41.3 Å². The summed E-state index contributed by atoms with van der Waals surface area (Å²) in [6.07, 6.45) is 6.19. The highest BCUT2D eigenvalue weighted by Crippen LogP contribution is 2.40. The molecule has 1 aliphatic heterocycles. The summed E-state index contributed by atoms with van der Waals surface area (Å²) in [5.74, 6) is 2.42. The van der Waals surface area contributed by atoms with Gasteiger partial charge in [0.1, 0.15) is 11.6 Å². The summed E-state index contributed by atoms with van der Waals surface area (Å²) in [6, 6.07) is 3.90. The van der Waals surface area contributed by atoms with Gasteiger partial charge >= 0.3 is 0 Å². The van der Waals surface area contributed by atoms with Gasteiger partial charge in [0.25, 0.3) is 0 Å². The van der Waals surface area contributed by atoms with Crippen LogP contribution in [0.2, 0.25) is 0 Å². The lowest BCUT2D eigenvalue weighted by Crippen LogP contribution is -2.26. The van der Waals surface area contributed by atoms with Crippen molar-refractivity contribution in [2.45, 2.75) is 38.6 Å². The van der Waals surface area contributed by atoms with Crippen LogP contribution in [0.5, 0.6) is 0 Å². The number of nitrogens with zero attached hydrogens (tertiary/aromatic N) is 5. The van der Waals surface area contributed by atoms with Crippen molar-refractivity contribution in [2.24, 2.45) is 0 Å². The third kappa shape index (κ3) is 2.83. The molecule has 0 unspecified atom stereocenters. The molecule has 0 radical (unpaired) electrons. The summed E-state index contributed by atoms with van der Waals surface area (Å²) in [6.45, 7) is 2.33. The largest absolute Gasteiger partial charge is 0.383 e. The van der Waals surface area contributed by atoms with Gasteiger partial charge in [-0.25, -0.2) is 15.0 Å². The fourth-order valence-corrected chi connectivity index (χ4v) is 3.34. The minimum atomic E-state index is -0.0400. The maximum atomic E-state index is 12.6. The number of aryl methyl sites for hydroxylation is 1. The number of aromatic nitrogens is 5. The molecule has 1 amide bonds. The van der Waals surface area contributed by atoms with Crippen molar-refractivity contribution in [2.75, 3.05) is 10.6 Å². The number of hydrogen-bond donors (Lipinski definition) is 2. The Kier molecular flexibility index (Phi) is 3.46. The van der Waals surface area contributed by atoms with Gasteiger partial charge < -0.3 is 10.7 Å². The van der Waals surface area contributed by atoms with Crippen molar-refractivity contribution in [3.8, 4) is 11.6 Å². The third-order valence-electron chi connectivity index (χ3n) is 5.04. The van der Waals surface area contributed by atoms with Crippen molar-refractivity contribution in [3.05, 3.63) is 47.0 Å². The number of imidazole rings is 1. The number of pyridine rings is 1. The van der Waals surface area contributed by atoms with Crippen LogP contribution in [0.25, 0.3) is 11.6 Å². The number of nitrogens with one attached hydrogen (secondary N) is 1. The molecule has 0 spiro atoms. The molecule has 1 fully saturated rings. The Hall–Kier alpha value is -3.29. The lowest BCUT2D eigenvalue weighted by atomic mass is 10.2. The van der Waals surface area contributed by atoms with Crippen LogP contribution in [0.4, 0.5) is 11.6 Å². The van der Waals surface area contributed by atoms with Gasteiger partial charge in [0, 0.05) is 35.3 Å². The van der Waals surface area contributed by atoms with Gasteiger partial charge in [-0.05, 0) is 31.4 Å². The Labute approximate surface area is 155 Å². The Morgan fingerprint density at radius 3 is 2.81 bits per heavy atom. The van der Waals surface area contributed by atoms with Gasteiger partial charge in [0.05, 0.1) is 13.0 Å². The number of hydrogen-bond acceptors (Lipinski definition) is 6. The number of anilines is 2. The molecule has 0 aromatic carbocycles. The van der Waals surface area contributed by atoms with Gasteiger partial charge in [0.15, 0.2) is 11.6 Å². The molecular formula is C19H19N7O. The van der Waals surface area contributed by atoms with E-state index in [0.29, 0.717) is 41.3 Å². The number of fused-ring (bicyclic) bond motifs is 1. The zero-order valence-corrected chi connectivity index (χ0v) is 14.9. The fourth-order valence-electron chi connectivity index (χ4n) is 3.34. The molecule has 3 N–H and O–H groups in total. The summed E-state index contributed by atoms with van der Waals surface area (Å²) in [4.78, 5) is 35.2. The first-order chi connectivity index (χ1) is 13.1. The minimum Gasteiger partial charge on any atom is -0.383 e. The van der Waals surface area contributed by atoms with Crippen molar-refractivity contribution in [1.29, 1.82) is 0 Å². The molecule has 3 aromatic rings. The normalized spacial score (nSPS) is 16.0. The van der Waals surface area contributed by atoms with Crippen LogP contribution in [0.3, 0.4) is 0 Å². The van der Waals surface area contributed by atoms with Gasteiger partial charge in [-0.1, -0.05) is 6.07 Å². The standard InChI is InChI=1S/C19H19N7O/c1-10-2-3-11(7-21-10)9-26-15(27)6-13-16(20)24-18(25-19(13)26)17-22-8-14(23-17)12-4-5-12/h2-3,7-8,12H,4-6,9H2,1H3,(H,22,23)(H2,20,24,25). The van der Waals surface area contributed by atoms with Gasteiger partial charge in [-0.2, -0.15) is 0 Å². The minimum absolute atomic E-state index is 0.0400. The number of aromatic amines is 1. The number of carbonyl (C=O) groups excluding carboxylic acids is 1. The summed E-state index contributed by atoms with van der Waals surface area (Å²) in [5, 5.41) is 0. The molecule has 0 bridgehead atoms. The van der Waals surface area contributed by atoms with Crippen molar-refractivity contribution >= 4 is 17.5 Å². The highest BCUT2D eigenvalue weighted by molar-refractivity contribution is 6.01. The van der Waals surface area contributed by atoms with E-state index in [1.165, 1.54) is 12.8 Å². The van der Waals surface area contributed by atoms with Gasteiger partial charge in [-0.15, -0.1) is 0 Å². The van der Waals surface area contributed by atoms with Crippen LogP contribution in [0.15, 0.2) is 24.5 Å². The first-order valence-corrected chi connectivity index (χ1v) is 9.02. The van der Waals surface area contributed by atoms with Crippen LogP contribution in [0, 0.1) is 6.92 Å². The maximum absolute atomic E-state index is 12.6. The highest BCUT2D eigenvalue weighted by atomic mass is 16.2. The Bertz CT molecular complexity index is 1040. The molecule has 8 heteroatoms. The zero-order valence-electron chi connectivity index (χ0n) is 14.9. The van der Waals surface area contributed by atoms with Gasteiger partial charge in [-0.3, -0.25) is 14.7 Å². The van der Waals surface area contributed by atoms with Crippen molar-refractivity contribution in [3.63, 3.8) is 0 Å². The lowest BCUT2D eigenvalue weighted by Gasteiger charge is -2.17. The summed E-state index contributed by atoms with van der Waals surface area (Å²) in [7, 11) is 0. The molecule has 136 valence electrons. The number of nitrogens with two attached hydrogens (primary N) is 1. The average molecular weight is 361 g/mol. The van der Waals surface area contributed by atoms with Crippen LogP contribution in [-0.2, 0) is 17.8 Å². The van der Waals surface area contributed by atoms with E-state index in [1.54, 1.807) is 11.1 Å². The van der Waals surface area contributed by atoms with E-state index in [4.69, 9.17) is 5.73 Å². The smallest absolute Gasteiger partial charge is 0.233 e. The number of carbonyl (C=O) groups is 1. The molecule has 2 aliphatic rings. The summed E-state index contributed by atoms with van der Waals surface area (Å²) >= 11 is 0. The second-order valence-corrected chi connectivity index (χ2v) is 7.16. The van der Waals surface area contributed by atoms with E-state index in [0.717, 1.165) is 17.0 Å². The molecule has 5 rings (SSSR count). The summed E-state index contributed by atoms with van der Waals surface area (Å²) in [5.41, 5.74) is 9.80. The van der Waals surface area contributed by atoms with Gasteiger partial charge in [0.2, 0.25) is 5.91 Å². The molecular weight excluding hydrogens is 342 g/mol. The van der Waals surface area contributed by atoms with Crippen molar-refractivity contribution in [1.82, 2.24) is 24.9 Å². The molecule has 1 saturated carbocycles. The predicted molar refractivity (Wildman–Crippen MR) is 99.9 cm³/mol. The van der Waals surface area contributed by atoms with E-state index in [2.05, 4.69) is 24.9 Å². The van der Waals surface area contributed by atoms with Crippen LogP contribution in [-0.4, -0.2) is 30.8 Å². The molecule has 0 atom stereocenters. The molecule has 27 heavy (non-hydrogen) atoms. The van der Waals surface area contributed by atoms with Crippen LogP contribution < -0.4 is 10.6 Å². The maximum Gasteiger partial charge on any atom is 0.233 e. The first-order valence-electron chi connectivity index (χ1n) is 9.02. The Balaban J connectivity index is 1.51. The number of H-pyrrole nitrogens is 1. The van der Waals surface area contributed by atoms with E-state index in [9.17, 15) is 4.79 Å². The molecule has 8 nitrogen and oxygen atoms in total. The second-order valence-electron chi connectivity index (χ2n) is 7.16. The van der Waals surface area contributed by atoms with E-state index in [-0.39, 0.29) is 12.3 Å². The SMILES string of the molecule is Cc1ccc(CN2C(=O)Cc3c(N)nc(-c4ncc(C5CC5)[nH]4)nc32)cn1. The average Bonchev–Trinajstić information content (AvgIpc) is 3.30. The monoisotopic (exact) mass is 361 g/mol. The Morgan fingerprint density at radius 1 is 1.22 bits per heavy atom. The molecule has 4 heterocycles. The van der Waals surface area contributed by atoms with Crippen molar-refractivity contribution < 1.29 is 4.79 Å². The quantitative estimate of drug-likeness (QED) is 0.736. The zero-order chi connectivity index (χ0) is 18.5. The fraction of sp³-hybridized carbons (Fsp3) is 0.316. The predicted octanol–water partition coefficient (Wildman–Crippen LogP) is 2.12. The third-order valence-corrected chi connectivity index (χ3v) is 5.04. The van der Waals surface area contributed by atoms with Crippen LogP contribution >= 0.6 is 0 Å². The van der Waals surface area contributed by atoms with E-state index >= 15 is 0 Å².